The van der Waals surface area contributed by atoms with E-state index in [2.05, 4.69) is 16.8 Å². The van der Waals surface area contributed by atoms with Gasteiger partial charge in [0.05, 0.1) is 5.56 Å². The molecule has 0 bridgehead atoms. The molecule has 0 saturated carbocycles. The van der Waals surface area contributed by atoms with E-state index in [0.29, 0.717) is 12.0 Å². The van der Waals surface area contributed by atoms with Gasteiger partial charge in [0.2, 0.25) is 0 Å². The highest BCUT2D eigenvalue weighted by Crippen LogP contribution is 2.34. The molecule has 1 aliphatic rings. The number of nitrogens with zero attached hydrogens (tertiary/aromatic N) is 1. The fourth-order valence-corrected chi connectivity index (χ4v) is 2.62. The Balaban J connectivity index is 0.00000242. The van der Waals surface area contributed by atoms with Crippen molar-refractivity contribution in [2.45, 2.75) is 18.6 Å². The standard InChI is InChI=1S/C15H18F4N2.2ClH/c1-2-3-14(21-8-6-20-7-9-21)11-4-5-12(13(16)10-11)15(17,18)19;;/h2,4-5,10,14,20H,1,3,6-9H2;2*1H/t14-;;/m1../s1. The number of halogens is 6. The summed E-state index contributed by atoms with van der Waals surface area (Å²) in [7, 11) is 0. The summed E-state index contributed by atoms with van der Waals surface area (Å²) in [5, 5.41) is 3.21. The average Bonchev–Trinajstić information content (AvgIpc) is 2.44. The first-order chi connectivity index (χ1) is 9.93. The van der Waals surface area contributed by atoms with Gasteiger partial charge in [0, 0.05) is 32.2 Å². The van der Waals surface area contributed by atoms with E-state index in [1.54, 1.807) is 6.08 Å². The predicted octanol–water partition coefficient (Wildman–Crippen LogP) is 4.21. The summed E-state index contributed by atoms with van der Waals surface area (Å²) in [5.74, 6) is -1.22. The number of hydrogen-bond donors (Lipinski definition) is 1. The third-order valence-electron chi connectivity index (χ3n) is 3.67. The number of benzene rings is 1. The van der Waals surface area contributed by atoms with Gasteiger partial charge in [-0.3, -0.25) is 4.90 Å². The Labute approximate surface area is 145 Å². The van der Waals surface area contributed by atoms with Crippen molar-refractivity contribution in [1.82, 2.24) is 10.2 Å². The molecule has 1 saturated heterocycles. The highest BCUT2D eigenvalue weighted by atomic mass is 35.5. The third kappa shape index (κ3) is 5.64. The van der Waals surface area contributed by atoms with Gasteiger partial charge in [-0.1, -0.05) is 12.1 Å². The Morgan fingerprint density at radius 3 is 2.30 bits per heavy atom. The zero-order valence-corrected chi connectivity index (χ0v) is 14.0. The van der Waals surface area contributed by atoms with Crippen molar-refractivity contribution < 1.29 is 17.6 Å². The fraction of sp³-hybridized carbons (Fsp3) is 0.467. The minimum absolute atomic E-state index is 0. The summed E-state index contributed by atoms with van der Waals surface area (Å²) >= 11 is 0. The van der Waals surface area contributed by atoms with Crippen LogP contribution in [0.2, 0.25) is 0 Å². The molecule has 132 valence electrons. The van der Waals surface area contributed by atoms with Crippen LogP contribution in [0.25, 0.3) is 0 Å². The molecule has 2 rings (SSSR count). The van der Waals surface area contributed by atoms with Crippen molar-refractivity contribution in [3.05, 3.63) is 47.8 Å². The lowest BCUT2D eigenvalue weighted by Gasteiger charge is -2.35. The average molecular weight is 375 g/mol. The molecule has 1 atom stereocenters. The van der Waals surface area contributed by atoms with Crippen LogP contribution in [-0.4, -0.2) is 31.1 Å². The molecule has 1 N–H and O–H groups in total. The molecule has 1 heterocycles. The molecule has 2 nitrogen and oxygen atoms in total. The third-order valence-corrected chi connectivity index (χ3v) is 3.67. The van der Waals surface area contributed by atoms with E-state index in [4.69, 9.17) is 0 Å². The van der Waals surface area contributed by atoms with E-state index in [1.165, 1.54) is 6.07 Å². The van der Waals surface area contributed by atoms with Crippen LogP contribution < -0.4 is 5.32 Å². The molecule has 1 aromatic rings. The number of alkyl halides is 3. The quantitative estimate of drug-likeness (QED) is 0.627. The Kier molecular flexibility index (Phi) is 9.13. The van der Waals surface area contributed by atoms with Crippen molar-refractivity contribution in [3.8, 4) is 0 Å². The van der Waals surface area contributed by atoms with Gasteiger partial charge >= 0.3 is 6.18 Å². The minimum atomic E-state index is -4.66. The number of rotatable bonds is 4. The van der Waals surface area contributed by atoms with Crippen molar-refractivity contribution >= 4 is 24.8 Å². The first kappa shape index (κ1) is 22.2. The lowest BCUT2D eigenvalue weighted by Crippen LogP contribution is -2.45. The summed E-state index contributed by atoms with van der Waals surface area (Å²) in [6.45, 7) is 6.87. The SMILES string of the molecule is C=CC[C@H](c1ccc(C(F)(F)F)c(F)c1)N1CCNCC1.Cl.Cl. The Bertz CT molecular complexity index is 503. The molecular weight excluding hydrogens is 355 g/mol. The Morgan fingerprint density at radius 1 is 1.22 bits per heavy atom. The largest absolute Gasteiger partial charge is 0.419 e. The summed E-state index contributed by atoms with van der Waals surface area (Å²) in [4.78, 5) is 2.14. The van der Waals surface area contributed by atoms with E-state index in [-0.39, 0.29) is 30.9 Å². The van der Waals surface area contributed by atoms with E-state index >= 15 is 0 Å². The molecule has 0 amide bonds. The van der Waals surface area contributed by atoms with Crippen LogP contribution in [0.15, 0.2) is 30.9 Å². The first-order valence-electron chi connectivity index (χ1n) is 6.86. The van der Waals surface area contributed by atoms with Gasteiger partial charge in [0.25, 0.3) is 0 Å². The Morgan fingerprint density at radius 2 is 1.83 bits per heavy atom. The lowest BCUT2D eigenvalue weighted by atomic mass is 9.99. The van der Waals surface area contributed by atoms with Gasteiger partial charge in [-0.2, -0.15) is 13.2 Å². The molecule has 1 aromatic carbocycles. The van der Waals surface area contributed by atoms with E-state index in [1.807, 2.05) is 0 Å². The lowest BCUT2D eigenvalue weighted by molar-refractivity contribution is -0.140. The zero-order valence-electron chi connectivity index (χ0n) is 12.4. The highest BCUT2D eigenvalue weighted by Gasteiger charge is 2.34. The molecule has 8 heteroatoms. The van der Waals surface area contributed by atoms with Crippen molar-refractivity contribution in [1.29, 1.82) is 0 Å². The second kappa shape index (κ2) is 9.47. The molecule has 0 radical (unpaired) electrons. The van der Waals surface area contributed by atoms with Crippen LogP contribution in [-0.2, 0) is 6.18 Å². The maximum atomic E-state index is 13.7. The molecule has 0 unspecified atom stereocenters. The van der Waals surface area contributed by atoms with Crippen LogP contribution >= 0.6 is 24.8 Å². The van der Waals surface area contributed by atoms with Crippen LogP contribution in [0.1, 0.15) is 23.6 Å². The van der Waals surface area contributed by atoms with E-state index < -0.39 is 17.6 Å². The topological polar surface area (TPSA) is 15.3 Å². The normalized spacial score (nSPS) is 16.9. The minimum Gasteiger partial charge on any atom is -0.314 e. The highest BCUT2D eigenvalue weighted by molar-refractivity contribution is 5.85. The predicted molar refractivity (Wildman–Crippen MR) is 87.9 cm³/mol. The molecule has 1 aliphatic heterocycles. The maximum absolute atomic E-state index is 13.7. The van der Waals surface area contributed by atoms with Gasteiger partial charge in [-0.15, -0.1) is 31.4 Å². The summed E-state index contributed by atoms with van der Waals surface area (Å²) in [5.41, 5.74) is -0.661. The van der Waals surface area contributed by atoms with Crippen molar-refractivity contribution in [3.63, 3.8) is 0 Å². The molecule has 0 spiro atoms. The fourth-order valence-electron chi connectivity index (χ4n) is 2.62. The second-order valence-corrected chi connectivity index (χ2v) is 5.06. The molecule has 0 aliphatic carbocycles. The Hall–Kier alpha value is -0.820. The number of nitrogens with one attached hydrogen (secondary N) is 1. The molecule has 0 aromatic heterocycles. The van der Waals surface area contributed by atoms with Crippen LogP contribution in [0.4, 0.5) is 17.6 Å². The summed E-state index contributed by atoms with van der Waals surface area (Å²) < 4.78 is 51.6. The van der Waals surface area contributed by atoms with Gasteiger partial charge in [0.1, 0.15) is 5.82 Å². The maximum Gasteiger partial charge on any atom is 0.419 e. The monoisotopic (exact) mass is 374 g/mol. The van der Waals surface area contributed by atoms with Gasteiger partial charge < -0.3 is 5.32 Å². The van der Waals surface area contributed by atoms with Crippen molar-refractivity contribution in [2.24, 2.45) is 0 Å². The number of hydrogen-bond acceptors (Lipinski definition) is 2. The van der Waals surface area contributed by atoms with Crippen molar-refractivity contribution in [2.75, 3.05) is 26.2 Å². The van der Waals surface area contributed by atoms with Gasteiger partial charge in [-0.25, -0.2) is 4.39 Å². The summed E-state index contributed by atoms with van der Waals surface area (Å²) in [6.07, 6.45) is -2.38. The van der Waals surface area contributed by atoms with Gasteiger partial charge in [0.15, 0.2) is 0 Å². The van der Waals surface area contributed by atoms with Crippen LogP contribution in [0.5, 0.6) is 0 Å². The molecule has 23 heavy (non-hydrogen) atoms. The second-order valence-electron chi connectivity index (χ2n) is 5.06. The molecule has 1 fully saturated rings. The van der Waals surface area contributed by atoms with Gasteiger partial charge in [-0.05, 0) is 24.1 Å². The van der Waals surface area contributed by atoms with Crippen LogP contribution in [0.3, 0.4) is 0 Å². The number of piperazine rings is 1. The summed E-state index contributed by atoms with van der Waals surface area (Å²) in [6, 6.07) is 3.05. The van der Waals surface area contributed by atoms with E-state index in [0.717, 1.165) is 38.3 Å². The first-order valence-corrected chi connectivity index (χ1v) is 6.86. The zero-order chi connectivity index (χ0) is 15.5. The van der Waals surface area contributed by atoms with E-state index in [9.17, 15) is 17.6 Å². The smallest absolute Gasteiger partial charge is 0.314 e. The van der Waals surface area contributed by atoms with Crippen LogP contribution in [0, 0.1) is 5.82 Å². The molecular formula is C15H20Cl2F4N2.